The van der Waals surface area contributed by atoms with Crippen LogP contribution in [0, 0.1) is 25.7 Å². The molecule has 1 fully saturated rings. The highest BCUT2D eigenvalue weighted by molar-refractivity contribution is 5.80. The zero-order valence-electron chi connectivity index (χ0n) is 10.7. The molecule has 0 radical (unpaired) electrons. The zero-order chi connectivity index (χ0) is 11.9. The summed E-state index contributed by atoms with van der Waals surface area (Å²) in [6.45, 7) is 9.74. The van der Waals surface area contributed by atoms with E-state index in [2.05, 4.69) is 32.3 Å². The number of nitrogens with zero attached hydrogens (tertiary/aromatic N) is 1. The maximum absolute atomic E-state index is 11.1. The Balaban J connectivity index is 2.38. The van der Waals surface area contributed by atoms with Crippen LogP contribution in [-0.2, 0) is 13.0 Å². The SMILES string of the molecule is CCc1c(C=O)c(C)c(C)n1CC1CC1C. The first-order chi connectivity index (χ1) is 7.60. The number of aldehydes is 1. The van der Waals surface area contributed by atoms with Gasteiger partial charge in [-0.2, -0.15) is 0 Å². The van der Waals surface area contributed by atoms with Gasteiger partial charge in [-0.15, -0.1) is 0 Å². The lowest BCUT2D eigenvalue weighted by Crippen LogP contribution is -2.07. The van der Waals surface area contributed by atoms with Crippen molar-refractivity contribution in [2.24, 2.45) is 11.8 Å². The summed E-state index contributed by atoms with van der Waals surface area (Å²) in [5, 5.41) is 0. The Kier molecular flexibility index (Phi) is 2.92. The van der Waals surface area contributed by atoms with Crippen molar-refractivity contribution >= 4 is 6.29 Å². The van der Waals surface area contributed by atoms with Crippen molar-refractivity contribution in [2.75, 3.05) is 0 Å². The average molecular weight is 219 g/mol. The first-order valence-corrected chi connectivity index (χ1v) is 6.23. The van der Waals surface area contributed by atoms with Crippen LogP contribution in [0.1, 0.15) is 47.6 Å². The molecule has 1 heterocycles. The quantitative estimate of drug-likeness (QED) is 0.713. The maximum Gasteiger partial charge on any atom is 0.152 e. The van der Waals surface area contributed by atoms with Gasteiger partial charge in [0, 0.05) is 23.5 Å². The molecule has 2 atom stereocenters. The molecule has 2 nitrogen and oxygen atoms in total. The summed E-state index contributed by atoms with van der Waals surface area (Å²) in [6, 6.07) is 0. The lowest BCUT2D eigenvalue weighted by atomic mass is 10.1. The summed E-state index contributed by atoms with van der Waals surface area (Å²) in [7, 11) is 0. The van der Waals surface area contributed by atoms with Gasteiger partial charge in [0.1, 0.15) is 0 Å². The first kappa shape index (κ1) is 11.4. The number of carbonyl (C=O) groups excluding carboxylic acids is 1. The van der Waals surface area contributed by atoms with E-state index in [1.807, 2.05) is 0 Å². The molecule has 1 aromatic rings. The van der Waals surface area contributed by atoms with Crippen LogP contribution in [0.15, 0.2) is 0 Å². The predicted molar refractivity (Wildman–Crippen MR) is 65.9 cm³/mol. The van der Waals surface area contributed by atoms with Gasteiger partial charge >= 0.3 is 0 Å². The van der Waals surface area contributed by atoms with Crippen LogP contribution in [-0.4, -0.2) is 10.9 Å². The molecule has 0 saturated heterocycles. The molecule has 16 heavy (non-hydrogen) atoms. The van der Waals surface area contributed by atoms with Crippen molar-refractivity contribution in [1.82, 2.24) is 4.57 Å². The summed E-state index contributed by atoms with van der Waals surface area (Å²) in [6.07, 6.45) is 3.31. The van der Waals surface area contributed by atoms with Crippen molar-refractivity contribution < 1.29 is 4.79 Å². The van der Waals surface area contributed by atoms with E-state index >= 15 is 0 Å². The van der Waals surface area contributed by atoms with Crippen molar-refractivity contribution in [1.29, 1.82) is 0 Å². The summed E-state index contributed by atoms with van der Waals surface area (Å²) < 4.78 is 2.37. The molecule has 2 rings (SSSR count). The van der Waals surface area contributed by atoms with Crippen LogP contribution in [0.4, 0.5) is 0 Å². The molecule has 0 aromatic carbocycles. The average Bonchev–Trinajstić information content (AvgIpc) is 2.91. The van der Waals surface area contributed by atoms with Gasteiger partial charge in [-0.3, -0.25) is 4.79 Å². The van der Waals surface area contributed by atoms with Crippen LogP contribution < -0.4 is 0 Å². The van der Waals surface area contributed by atoms with E-state index in [0.717, 1.165) is 36.7 Å². The van der Waals surface area contributed by atoms with E-state index in [4.69, 9.17) is 0 Å². The third kappa shape index (κ3) is 1.70. The molecule has 0 amide bonds. The summed E-state index contributed by atoms with van der Waals surface area (Å²) in [4.78, 5) is 11.1. The number of rotatable bonds is 4. The van der Waals surface area contributed by atoms with Gasteiger partial charge in [0.25, 0.3) is 0 Å². The Labute approximate surface area is 97.7 Å². The van der Waals surface area contributed by atoms with Crippen LogP contribution in [0.2, 0.25) is 0 Å². The molecule has 0 aliphatic heterocycles. The number of hydrogen-bond acceptors (Lipinski definition) is 1. The van der Waals surface area contributed by atoms with Crippen LogP contribution >= 0.6 is 0 Å². The largest absolute Gasteiger partial charge is 0.348 e. The van der Waals surface area contributed by atoms with Gasteiger partial charge in [-0.25, -0.2) is 0 Å². The Hall–Kier alpha value is -1.05. The smallest absolute Gasteiger partial charge is 0.152 e. The molecular weight excluding hydrogens is 198 g/mol. The minimum Gasteiger partial charge on any atom is -0.348 e. The standard InChI is InChI=1S/C14H21NO/c1-5-14-13(8-16)10(3)11(4)15(14)7-12-6-9(12)2/h8-9,12H,5-7H2,1-4H3. The number of hydrogen-bond donors (Lipinski definition) is 0. The highest BCUT2D eigenvalue weighted by Crippen LogP contribution is 2.40. The fraction of sp³-hybridized carbons (Fsp3) is 0.643. The minimum absolute atomic E-state index is 0.829. The second-order valence-electron chi connectivity index (χ2n) is 5.13. The molecule has 2 unspecified atom stereocenters. The molecule has 1 aliphatic rings. The van der Waals surface area contributed by atoms with E-state index < -0.39 is 0 Å². The Morgan fingerprint density at radius 3 is 2.50 bits per heavy atom. The third-order valence-electron chi connectivity index (χ3n) is 4.13. The maximum atomic E-state index is 11.1. The lowest BCUT2D eigenvalue weighted by Gasteiger charge is -2.10. The molecule has 2 heteroatoms. The Morgan fingerprint density at radius 2 is 2.06 bits per heavy atom. The molecule has 1 aliphatic carbocycles. The van der Waals surface area contributed by atoms with Crippen LogP contribution in [0.5, 0.6) is 0 Å². The fourth-order valence-electron chi connectivity index (χ4n) is 2.63. The topological polar surface area (TPSA) is 22.0 Å². The summed E-state index contributed by atoms with van der Waals surface area (Å²) in [5.74, 6) is 1.70. The van der Waals surface area contributed by atoms with Crippen LogP contribution in [0.3, 0.4) is 0 Å². The summed E-state index contributed by atoms with van der Waals surface area (Å²) >= 11 is 0. The van der Waals surface area contributed by atoms with Crippen molar-refractivity contribution in [3.8, 4) is 0 Å². The molecule has 1 aromatic heterocycles. The van der Waals surface area contributed by atoms with E-state index in [0.29, 0.717) is 0 Å². The lowest BCUT2D eigenvalue weighted by molar-refractivity contribution is 0.112. The van der Waals surface area contributed by atoms with E-state index in [1.165, 1.54) is 23.4 Å². The fourth-order valence-corrected chi connectivity index (χ4v) is 2.63. The zero-order valence-corrected chi connectivity index (χ0v) is 10.7. The predicted octanol–water partition coefficient (Wildman–Crippen LogP) is 3.14. The van der Waals surface area contributed by atoms with Crippen molar-refractivity contribution in [3.63, 3.8) is 0 Å². The van der Waals surface area contributed by atoms with Gasteiger partial charge < -0.3 is 4.57 Å². The van der Waals surface area contributed by atoms with Crippen molar-refractivity contribution in [2.45, 2.75) is 47.1 Å². The Bertz CT molecular complexity index is 417. The Morgan fingerprint density at radius 1 is 1.44 bits per heavy atom. The second kappa shape index (κ2) is 4.08. The molecule has 0 N–H and O–H groups in total. The normalized spacial score (nSPS) is 23.5. The first-order valence-electron chi connectivity index (χ1n) is 6.23. The molecular formula is C14H21NO. The number of carbonyl (C=O) groups is 1. The van der Waals surface area contributed by atoms with E-state index in [9.17, 15) is 4.79 Å². The van der Waals surface area contributed by atoms with Gasteiger partial charge in [-0.05, 0) is 44.1 Å². The highest BCUT2D eigenvalue weighted by atomic mass is 16.1. The van der Waals surface area contributed by atoms with E-state index in [-0.39, 0.29) is 0 Å². The van der Waals surface area contributed by atoms with Crippen LogP contribution in [0.25, 0.3) is 0 Å². The minimum atomic E-state index is 0.829. The molecule has 88 valence electrons. The van der Waals surface area contributed by atoms with E-state index in [1.54, 1.807) is 0 Å². The third-order valence-corrected chi connectivity index (χ3v) is 4.13. The molecule has 0 bridgehead atoms. The van der Waals surface area contributed by atoms with Gasteiger partial charge in [0.15, 0.2) is 6.29 Å². The van der Waals surface area contributed by atoms with Gasteiger partial charge in [-0.1, -0.05) is 13.8 Å². The van der Waals surface area contributed by atoms with Gasteiger partial charge in [0.2, 0.25) is 0 Å². The molecule has 1 saturated carbocycles. The highest BCUT2D eigenvalue weighted by Gasteiger charge is 2.33. The van der Waals surface area contributed by atoms with Crippen molar-refractivity contribution in [3.05, 3.63) is 22.5 Å². The monoisotopic (exact) mass is 219 g/mol. The molecule has 0 spiro atoms. The number of aromatic nitrogens is 1. The van der Waals surface area contributed by atoms with Gasteiger partial charge in [0.05, 0.1) is 0 Å². The summed E-state index contributed by atoms with van der Waals surface area (Å²) in [5.41, 5.74) is 4.59. The second-order valence-corrected chi connectivity index (χ2v) is 5.13.